The number of benzene rings is 2. The summed E-state index contributed by atoms with van der Waals surface area (Å²) in [6, 6.07) is 15.7. The molecule has 0 saturated heterocycles. The Bertz CT molecular complexity index is 779. The fourth-order valence-electron chi connectivity index (χ4n) is 2.91. The number of carbonyl (C=O) groups is 1. The largest absolute Gasteiger partial charge is 0.354 e. The first-order valence-corrected chi connectivity index (χ1v) is 9.08. The molecule has 2 aromatic rings. The second kappa shape index (κ2) is 9.91. The zero-order valence-electron chi connectivity index (χ0n) is 14.5. The van der Waals surface area contributed by atoms with E-state index >= 15 is 0 Å². The maximum Gasteiger partial charge on any atom is 0.251 e. The van der Waals surface area contributed by atoms with Crippen molar-refractivity contribution in [2.75, 3.05) is 31.6 Å². The van der Waals surface area contributed by atoms with Gasteiger partial charge in [0.05, 0.1) is 0 Å². The zero-order valence-corrected chi connectivity index (χ0v) is 18.5. The van der Waals surface area contributed by atoms with Crippen LogP contribution >= 0.6 is 39.9 Å². The molecular weight excluding hydrogens is 507 g/mol. The number of halogens is 2. The second-order valence-electron chi connectivity index (χ2n) is 5.77. The van der Waals surface area contributed by atoms with Gasteiger partial charge < -0.3 is 15.5 Å². The van der Waals surface area contributed by atoms with E-state index in [1.807, 2.05) is 18.2 Å². The number of rotatable bonds is 4. The SMILES string of the molecule is CN=C(NCCNC(=O)c1ccc(Br)cc1)N1CCc2ccccc21.I. The average molecular weight is 529 g/mol. The van der Waals surface area contributed by atoms with Gasteiger partial charge in [-0.15, -0.1) is 24.0 Å². The third-order valence-electron chi connectivity index (χ3n) is 4.15. The summed E-state index contributed by atoms with van der Waals surface area (Å²) in [6.07, 6.45) is 1.02. The van der Waals surface area contributed by atoms with Gasteiger partial charge in [-0.25, -0.2) is 0 Å². The van der Waals surface area contributed by atoms with Crippen LogP contribution in [0.2, 0.25) is 0 Å². The Hall–Kier alpha value is -1.61. The Kier molecular flexibility index (Phi) is 7.89. The molecule has 1 heterocycles. The predicted octanol–water partition coefficient (Wildman–Crippen LogP) is 3.44. The number of nitrogens with zero attached hydrogens (tertiary/aromatic N) is 2. The van der Waals surface area contributed by atoms with E-state index in [0.717, 1.165) is 23.4 Å². The molecule has 3 rings (SSSR count). The lowest BCUT2D eigenvalue weighted by Gasteiger charge is -2.22. The molecule has 0 aliphatic carbocycles. The van der Waals surface area contributed by atoms with E-state index in [9.17, 15) is 4.79 Å². The van der Waals surface area contributed by atoms with E-state index in [-0.39, 0.29) is 29.9 Å². The number of hydrogen-bond acceptors (Lipinski definition) is 2. The third kappa shape index (κ3) is 4.97. The summed E-state index contributed by atoms with van der Waals surface area (Å²) in [5.74, 6) is 0.763. The van der Waals surface area contributed by atoms with Gasteiger partial charge in [0.15, 0.2) is 5.96 Å². The first kappa shape index (κ1) is 20.7. The van der Waals surface area contributed by atoms with Gasteiger partial charge in [0.1, 0.15) is 0 Å². The van der Waals surface area contributed by atoms with E-state index < -0.39 is 0 Å². The summed E-state index contributed by atoms with van der Waals surface area (Å²) < 4.78 is 0.959. The molecule has 0 atom stereocenters. The monoisotopic (exact) mass is 528 g/mol. The van der Waals surface area contributed by atoms with Crippen molar-refractivity contribution in [3.8, 4) is 0 Å². The number of carbonyl (C=O) groups excluding carboxylic acids is 1. The molecule has 2 N–H and O–H groups in total. The Morgan fingerprint density at radius 1 is 1.12 bits per heavy atom. The van der Waals surface area contributed by atoms with Crippen molar-refractivity contribution in [3.63, 3.8) is 0 Å². The fourth-order valence-corrected chi connectivity index (χ4v) is 3.17. The molecular formula is C19H22BrIN4O. The van der Waals surface area contributed by atoms with Crippen molar-refractivity contribution in [2.24, 2.45) is 4.99 Å². The standard InChI is InChI=1S/C19H21BrN4O.HI/c1-21-19(24-13-10-14-4-2-3-5-17(14)24)23-12-11-22-18(25)15-6-8-16(20)9-7-15;/h2-9H,10-13H2,1H3,(H,21,23)(H,22,25);1H. The predicted molar refractivity (Wildman–Crippen MR) is 121 cm³/mol. The first-order chi connectivity index (χ1) is 12.2. The van der Waals surface area contributed by atoms with Gasteiger partial charge in [0.2, 0.25) is 0 Å². The van der Waals surface area contributed by atoms with Crippen molar-refractivity contribution < 1.29 is 4.79 Å². The fraction of sp³-hybridized carbons (Fsp3) is 0.263. The molecule has 0 saturated carbocycles. The minimum atomic E-state index is -0.0733. The minimum Gasteiger partial charge on any atom is -0.354 e. The van der Waals surface area contributed by atoms with Gasteiger partial charge in [-0.05, 0) is 42.3 Å². The zero-order chi connectivity index (χ0) is 17.6. The lowest BCUT2D eigenvalue weighted by Crippen LogP contribution is -2.43. The summed E-state index contributed by atoms with van der Waals surface area (Å²) in [5, 5.41) is 6.24. The van der Waals surface area contributed by atoms with Gasteiger partial charge in [-0.1, -0.05) is 34.1 Å². The van der Waals surface area contributed by atoms with Crippen LogP contribution in [-0.4, -0.2) is 38.5 Å². The molecule has 0 fully saturated rings. The lowest BCUT2D eigenvalue weighted by molar-refractivity contribution is 0.0954. The molecule has 26 heavy (non-hydrogen) atoms. The molecule has 1 aliphatic heterocycles. The highest BCUT2D eigenvalue weighted by molar-refractivity contribution is 14.0. The van der Waals surface area contributed by atoms with Crippen LogP contribution in [0, 0.1) is 0 Å². The molecule has 1 aliphatic rings. The van der Waals surface area contributed by atoms with Crippen LogP contribution in [-0.2, 0) is 6.42 Å². The molecule has 0 radical (unpaired) electrons. The number of amides is 1. The minimum absolute atomic E-state index is 0. The Balaban J connectivity index is 0.00000243. The summed E-state index contributed by atoms with van der Waals surface area (Å²) in [5.41, 5.74) is 3.20. The molecule has 2 aromatic carbocycles. The van der Waals surface area contributed by atoms with Crippen molar-refractivity contribution in [2.45, 2.75) is 6.42 Å². The van der Waals surface area contributed by atoms with E-state index in [1.54, 1.807) is 19.2 Å². The molecule has 1 amide bonds. The number of nitrogens with one attached hydrogen (secondary N) is 2. The van der Waals surface area contributed by atoms with Crippen molar-refractivity contribution in [1.82, 2.24) is 10.6 Å². The first-order valence-electron chi connectivity index (χ1n) is 8.29. The smallest absolute Gasteiger partial charge is 0.251 e. The summed E-state index contributed by atoms with van der Waals surface area (Å²) in [4.78, 5) is 18.6. The highest BCUT2D eigenvalue weighted by atomic mass is 127. The Labute approximate surface area is 179 Å². The molecule has 138 valence electrons. The van der Waals surface area contributed by atoms with Gasteiger partial charge in [0, 0.05) is 42.4 Å². The third-order valence-corrected chi connectivity index (χ3v) is 4.68. The van der Waals surface area contributed by atoms with Crippen LogP contribution < -0.4 is 15.5 Å². The van der Waals surface area contributed by atoms with E-state index in [1.165, 1.54) is 11.3 Å². The number of fused-ring (bicyclic) bond motifs is 1. The molecule has 0 bridgehead atoms. The van der Waals surface area contributed by atoms with Gasteiger partial charge in [-0.2, -0.15) is 0 Å². The van der Waals surface area contributed by atoms with Crippen LogP contribution in [0.5, 0.6) is 0 Å². The maximum absolute atomic E-state index is 12.1. The molecule has 0 aromatic heterocycles. The van der Waals surface area contributed by atoms with E-state index in [0.29, 0.717) is 18.7 Å². The van der Waals surface area contributed by atoms with Crippen molar-refractivity contribution >= 4 is 57.5 Å². The lowest BCUT2D eigenvalue weighted by atomic mass is 10.2. The molecule has 5 nitrogen and oxygen atoms in total. The van der Waals surface area contributed by atoms with Crippen LogP contribution in [0.3, 0.4) is 0 Å². The van der Waals surface area contributed by atoms with Crippen LogP contribution in [0.25, 0.3) is 0 Å². The second-order valence-corrected chi connectivity index (χ2v) is 6.68. The Morgan fingerprint density at radius 3 is 2.54 bits per heavy atom. The number of guanidine groups is 1. The van der Waals surface area contributed by atoms with Gasteiger partial charge >= 0.3 is 0 Å². The number of anilines is 1. The topological polar surface area (TPSA) is 56.7 Å². The number of hydrogen-bond donors (Lipinski definition) is 2. The number of para-hydroxylation sites is 1. The normalized spacial score (nSPS) is 13.0. The van der Waals surface area contributed by atoms with E-state index in [2.05, 4.69) is 54.7 Å². The van der Waals surface area contributed by atoms with Crippen molar-refractivity contribution in [3.05, 3.63) is 64.1 Å². The summed E-state index contributed by atoms with van der Waals surface area (Å²) >= 11 is 3.37. The summed E-state index contributed by atoms with van der Waals surface area (Å²) in [6.45, 7) is 2.07. The number of aliphatic imine (C=N–C) groups is 1. The molecule has 0 spiro atoms. The summed E-state index contributed by atoms with van der Waals surface area (Å²) in [7, 11) is 1.78. The van der Waals surface area contributed by atoms with Crippen LogP contribution in [0.1, 0.15) is 15.9 Å². The van der Waals surface area contributed by atoms with Crippen LogP contribution in [0.15, 0.2) is 58.0 Å². The maximum atomic E-state index is 12.1. The molecule has 0 unspecified atom stereocenters. The quantitative estimate of drug-likeness (QED) is 0.277. The Morgan fingerprint density at radius 2 is 1.81 bits per heavy atom. The van der Waals surface area contributed by atoms with E-state index in [4.69, 9.17) is 0 Å². The van der Waals surface area contributed by atoms with Gasteiger partial charge in [0.25, 0.3) is 5.91 Å². The highest BCUT2D eigenvalue weighted by Crippen LogP contribution is 2.27. The van der Waals surface area contributed by atoms with Crippen LogP contribution in [0.4, 0.5) is 5.69 Å². The average Bonchev–Trinajstić information content (AvgIpc) is 3.06. The van der Waals surface area contributed by atoms with Crippen molar-refractivity contribution in [1.29, 1.82) is 0 Å². The highest BCUT2D eigenvalue weighted by Gasteiger charge is 2.22. The van der Waals surface area contributed by atoms with Gasteiger partial charge in [-0.3, -0.25) is 9.79 Å². The molecule has 7 heteroatoms.